The number of aromatic carboxylic acids is 1. The Kier molecular flexibility index (Phi) is 5.64. The van der Waals surface area contributed by atoms with Crippen molar-refractivity contribution >= 4 is 17.9 Å². The maximum absolute atomic E-state index is 12.9. The molecule has 168 valence electrons. The van der Waals surface area contributed by atoms with Crippen molar-refractivity contribution in [2.24, 2.45) is 0 Å². The van der Waals surface area contributed by atoms with Gasteiger partial charge in [0.05, 0.1) is 12.4 Å². The van der Waals surface area contributed by atoms with Crippen molar-refractivity contribution in [3.63, 3.8) is 0 Å². The summed E-state index contributed by atoms with van der Waals surface area (Å²) < 4.78 is 5.79. The number of carboxylic acid groups (broad SMARTS) is 1. The van der Waals surface area contributed by atoms with Gasteiger partial charge in [0.15, 0.2) is 5.69 Å². The van der Waals surface area contributed by atoms with Crippen LogP contribution in [0.25, 0.3) is 11.1 Å². The van der Waals surface area contributed by atoms with E-state index in [0.29, 0.717) is 38.6 Å². The smallest absolute Gasteiger partial charge is 0.409 e. The number of hydrogen-bond acceptors (Lipinski definition) is 6. The lowest BCUT2D eigenvalue weighted by atomic mass is 9.98. The molecule has 0 bridgehead atoms. The Hall–Kier alpha value is -3.94. The summed E-state index contributed by atoms with van der Waals surface area (Å²) in [4.78, 5) is 35.8. The highest BCUT2D eigenvalue weighted by Gasteiger charge is 2.30. The molecule has 0 spiro atoms. The van der Waals surface area contributed by atoms with Crippen molar-refractivity contribution in [2.75, 3.05) is 37.7 Å². The SMILES string of the molecule is O=C(O)c1cnc(N2CCCN(C(=O)OCC3c4ccccc4-c4ccccc43)CC2)cn1. The number of ether oxygens (including phenoxy) is 1. The first-order chi connectivity index (χ1) is 16.1. The van der Waals surface area contributed by atoms with E-state index in [-0.39, 0.29) is 17.7 Å². The summed E-state index contributed by atoms with van der Waals surface area (Å²) in [5.74, 6) is -0.464. The standard InChI is InChI=1S/C25H24N4O4/c30-24(31)22-14-27-23(15-26-22)28-10-5-11-29(13-12-28)25(32)33-16-21-19-8-3-1-6-17(19)18-7-2-4-9-20(18)21/h1-4,6-9,14-15,21H,5,10-13,16H2,(H,30,31). The molecule has 1 amide bonds. The first-order valence-corrected chi connectivity index (χ1v) is 11.0. The van der Waals surface area contributed by atoms with Crippen LogP contribution in [0.5, 0.6) is 0 Å². The van der Waals surface area contributed by atoms with Crippen molar-refractivity contribution in [3.8, 4) is 11.1 Å². The molecule has 0 atom stereocenters. The van der Waals surface area contributed by atoms with E-state index >= 15 is 0 Å². The van der Waals surface area contributed by atoms with Gasteiger partial charge in [-0.1, -0.05) is 48.5 Å². The lowest BCUT2D eigenvalue weighted by molar-refractivity contribution is 0.0689. The van der Waals surface area contributed by atoms with E-state index in [0.717, 1.165) is 6.42 Å². The normalized spacial score (nSPS) is 15.5. The molecule has 3 aromatic rings. The molecule has 1 saturated heterocycles. The van der Waals surface area contributed by atoms with Gasteiger partial charge in [-0.05, 0) is 28.7 Å². The average molecular weight is 444 g/mol. The van der Waals surface area contributed by atoms with Gasteiger partial charge in [-0.3, -0.25) is 0 Å². The lowest BCUT2D eigenvalue weighted by Gasteiger charge is -2.23. The zero-order chi connectivity index (χ0) is 22.8. The van der Waals surface area contributed by atoms with Crippen molar-refractivity contribution in [2.45, 2.75) is 12.3 Å². The van der Waals surface area contributed by atoms with Gasteiger partial charge in [0.2, 0.25) is 0 Å². The fourth-order valence-electron chi connectivity index (χ4n) is 4.61. The maximum atomic E-state index is 12.9. The number of carbonyl (C=O) groups is 2. The van der Waals surface area contributed by atoms with Crippen LogP contribution in [-0.4, -0.2) is 64.8 Å². The minimum absolute atomic E-state index is 0.0350. The fourth-order valence-corrected chi connectivity index (χ4v) is 4.61. The third-order valence-electron chi connectivity index (χ3n) is 6.27. The van der Waals surface area contributed by atoms with E-state index in [2.05, 4.69) is 34.2 Å². The Morgan fingerprint density at radius 3 is 2.24 bits per heavy atom. The summed E-state index contributed by atoms with van der Waals surface area (Å²) in [6.45, 7) is 2.67. The highest BCUT2D eigenvalue weighted by atomic mass is 16.6. The number of rotatable bonds is 4. The quantitative estimate of drug-likeness (QED) is 0.656. The molecule has 2 aliphatic rings. The number of amides is 1. The summed E-state index contributed by atoms with van der Waals surface area (Å²) in [7, 11) is 0. The lowest BCUT2D eigenvalue weighted by Crippen LogP contribution is -2.36. The topological polar surface area (TPSA) is 95.9 Å². The first-order valence-electron chi connectivity index (χ1n) is 11.0. The minimum atomic E-state index is -1.11. The van der Waals surface area contributed by atoms with Gasteiger partial charge in [-0.2, -0.15) is 0 Å². The van der Waals surface area contributed by atoms with Gasteiger partial charge in [0.25, 0.3) is 0 Å². The Morgan fingerprint density at radius 1 is 0.909 bits per heavy atom. The second kappa shape index (κ2) is 8.90. The number of carboxylic acids is 1. The van der Waals surface area contributed by atoms with Crippen LogP contribution in [0.3, 0.4) is 0 Å². The first kappa shape index (κ1) is 20.9. The number of fused-ring (bicyclic) bond motifs is 3. The molecule has 0 saturated carbocycles. The van der Waals surface area contributed by atoms with Crippen molar-refractivity contribution in [1.29, 1.82) is 0 Å². The van der Waals surface area contributed by atoms with Gasteiger partial charge in [0.1, 0.15) is 12.4 Å². The number of anilines is 1. The zero-order valence-electron chi connectivity index (χ0n) is 18.1. The van der Waals surface area contributed by atoms with E-state index < -0.39 is 5.97 Å². The van der Waals surface area contributed by atoms with E-state index in [9.17, 15) is 9.59 Å². The monoisotopic (exact) mass is 444 g/mol. The van der Waals surface area contributed by atoms with Crippen LogP contribution >= 0.6 is 0 Å². The molecule has 1 aliphatic heterocycles. The molecule has 8 nitrogen and oxygen atoms in total. The second-order valence-electron chi connectivity index (χ2n) is 8.20. The summed E-state index contributed by atoms with van der Waals surface area (Å²) in [6, 6.07) is 16.6. The third kappa shape index (κ3) is 4.11. The van der Waals surface area contributed by atoms with Crippen LogP contribution in [0, 0.1) is 0 Å². The molecule has 2 heterocycles. The minimum Gasteiger partial charge on any atom is -0.476 e. The van der Waals surface area contributed by atoms with E-state index in [1.807, 2.05) is 29.2 Å². The van der Waals surface area contributed by atoms with Gasteiger partial charge in [-0.15, -0.1) is 0 Å². The Balaban J connectivity index is 1.22. The molecule has 8 heteroatoms. The Bertz CT molecular complexity index is 1140. The second-order valence-corrected chi connectivity index (χ2v) is 8.20. The van der Waals surface area contributed by atoms with Gasteiger partial charge in [0, 0.05) is 32.1 Å². The summed E-state index contributed by atoms with van der Waals surface area (Å²) >= 11 is 0. The predicted molar refractivity (Wildman–Crippen MR) is 122 cm³/mol. The molecule has 1 N–H and O–H groups in total. The molecule has 2 aromatic carbocycles. The van der Waals surface area contributed by atoms with Crippen molar-refractivity contribution < 1.29 is 19.4 Å². The summed E-state index contributed by atoms with van der Waals surface area (Å²) in [5, 5.41) is 8.99. The molecular weight excluding hydrogens is 420 g/mol. The van der Waals surface area contributed by atoms with E-state index in [1.165, 1.54) is 34.6 Å². The number of nitrogens with zero attached hydrogens (tertiary/aromatic N) is 4. The van der Waals surface area contributed by atoms with Crippen LogP contribution in [0.2, 0.25) is 0 Å². The van der Waals surface area contributed by atoms with Crippen LogP contribution in [0.1, 0.15) is 34.0 Å². The Labute approximate surface area is 191 Å². The number of benzene rings is 2. The molecule has 0 radical (unpaired) electrons. The molecule has 1 fully saturated rings. The highest BCUT2D eigenvalue weighted by molar-refractivity contribution is 5.85. The Morgan fingerprint density at radius 2 is 1.61 bits per heavy atom. The van der Waals surface area contributed by atoms with Crippen LogP contribution in [0.15, 0.2) is 60.9 Å². The van der Waals surface area contributed by atoms with Crippen LogP contribution in [0.4, 0.5) is 10.6 Å². The molecule has 1 aromatic heterocycles. The largest absolute Gasteiger partial charge is 0.476 e. The van der Waals surface area contributed by atoms with Crippen LogP contribution < -0.4 is 4.90 Å². The average Bonchev–Trinajstić information content (AvgIpc) is 2.98. The molecule has 0 unspecified atom stereocenters. The number of aromatic nitrogens is 2. The molecule has 33 heavy (non-hydrogen) atoms. The predicted octanol–water partition coefficient (Wildman–Crippen LogP) is 3.64. The van der Waals surface area contributed by atoms with E-state index in [4.69, 9.17) is 9.84 Å². The molecule has 5 rings (SSSR count). The summed E-state index contributed by atoms with van der Waals surface area (Å²) in [5.41, 5.74) is 4.70. The maximum Gasteiger partial charge on any atom is 0.409 e. The fraction of sp³-hybridized carbons (Fsp3) is 0.280. The summed E-state index contributed by atoms with van der Waals surface area (Å²) in [6.07, 6.45) is 3.16. The third-order valence-corrected chi connectivity index (χ3v) is 6.27. The number of hydrogen-bond donors (Lipinski definition) is 1. The van der Waals surface area contributed by atoms with Crippen molar-refractivity contribution in [3.05, 3.63) is 77.7 Å². The number of carbonyl (C=O) groups excluding carboxylic acids is 1. The zero-order valence-corrected chi connectivity index (χ0v) is 18.1. The van der Waals surface area contributed by atoms with Gasteiger partial charge >= 0.3 is 12.1 Å². The van der Waals surface area contributed by atoms with E-state index in [1.54, 1.807) is 4.90 Å². The van der Waals surface area contributed by atoms with Crippen LogP contribution in [-0.2, 0) is 4.74 Å². The molecular formula is C25H24N4O4. The molecule has 1 aliphatic carbocycles. The van der Waals surface area contributed by atoms with Gasteiger partial charge in [-0.25, -0.2) is 19.6 Å². The van der Waals surface area contributed by atoms with Gasteiger partial charge < -0.3 is 19.6 Å². The highest BCUT2D eigenvalue weighted by Crippen LogP contribution is 2.44. The van der Waals surface area contributed by atoms with Crippen molar-refractivity contribution in [1.82, 2.24) is 14.9 Å².